The van der Waals surface area contributed by atoms with Gasteiger partial charge >= 0.3 is 0 Å². The first-order valence-corrected chi connectivity index (χ1v) is 8.45. The predicted octanol–water partition coefficient (Wildman–Crippen LogP) is 2.38. The van der Waals surface area contributed by atoms with E-state index in [0.29, 0.717) is 11.4 Å². The topological polar surface area (TPSA) is 92.9 Å². The summed E-state index contributed by atoms with van der Waals surface area (Å²) in [5.41, 5.74) is 2.14. The molecule has 0 saturated heterocycles. The van der Waals surface area contributed by atoms with Crippen molar-refractivity contribution in [3.05, 3.63) is 65.7 Å². The van der Waals surface area contributed by atoms with Crippen LogP contribution in [0.5, 0.6) is 0 Å². The number of nitrogens with one attached hydrogen (secondary N) is 1. The Kier molecular flexibility index (Phi) is 5.38. The van der Waals surface area contributed by atoms with Crippen LogP contribution in [0.15, 0.2) is 54.6 Å². The molecular formula is C19H21N5O2. The molecule has 0 bridgehead atoms. The Morgan fingerprint density at radius 3 is 2.38 bits per heavy atom. The zero-order valence-corrected chi connectivity index (χ0v) is 14.7. The lowest BCUT2D eigenvalue weighted by Gasteiger charge is -2.16. The zero-order chi connectivity index (χ0) is 18.5. The summed E-state index contributed by atoms with van der Waals surface area (Å²) in [4.78, 5) is 14.0. The van der Waals surface area contributed by atoms with Crippen molar-refractivity contribution in [1.29, 1.82) is 0 Å². The van der Waals surface area contributed by atoms with E-state index in [1.807, 2.05) is 44.2 Å². The van der Waals surface area contributed by atoms with Gasteiger partial charge in [-0.2, -0.15) is 4.80 Å². The molecule has 0 radical (unpaired) electrons. The summed E-state index contributed by atoms with van der Waals surface area (Å²) in [5, 5.41) is 24.8. The number of carbonyl (C=O) groups excluding carboxylic acids is 1. The highest BCUT2D eigenvalue weighted by Gasteiger charge is 2.15. The first kappa shape index (κ1) is 17.8. The lowest BCUT2D eigenvalue weighted by molar-refractivity contribution is 0.0916. The van der Waals surface area contributed by atoms with Gasteiger partial charge in [-0.25, -0.2) is 0 Å². The average molecular weight is 351 g/mol. The lowest BCUT2D eigenvalue weighted by atomic mass is 10.1. The Hall–Kier alpha value is -3.06. The third-order valence-corrected chi connectivity index (χ3v) is 3.99. The molecular weight excluding hydrogens is 330 g/mol. The predicted molar refractivity (Wildman–Crippen MR) is 97.4 cm³/mol. The van der Waals surface area contributed by atoms with Crippen molar-refractivity contribution in [2.24, 2.45) is 0 Å². The monoisotopic (exact) mass is 351 g/mol. The second-order valence-corrected chi connectivity index (χ2v) is 6.22. The number of benzene rings is 2. The van der Waals surface area contributed by atoms with Crippen LogP contribution in [0.25, 0.3) is 11.4 Å². The van der Waals surface area contributed by atoms with Crippen LogP contribution in [-0.2, 0) is 0 Å². The largest absolute Gasteiger partial charge is 0.394 e. The van der Waals surface area contributed by atoms with Crippen LogP contribution in [0.3, 0.4) is 0 Å². The molecule has 0 spiro atoms. The van der Waals surface area contributed by atoms with Gasteiger partial charge in [0.25, 0.3) is 5.91 Å². The molecule has 1 atom stereocenters. The summed E-state index contributed by atoms with van der Waals surface area (Å²) in [5.74, 6) is 0.265. The van der Waals surface area contributed by atoms with E-state index < -0.39 is 6.04 Å². The number of aromatic nitrogens is 4. The number of amides is 1. The molecule has 3 aromatic rings. The molecule has 2 N–H and O–H groups in total. The minimum atomic E-state index is -0.448. The van der Waals surface area contributed by atoms with Crippen molar-refractivity contribution in [3.63, 3.8) is 0 Å². The number of hydrogen-bond acceptors (Lipinski definition) is 5. The second kappa shape index (κ2) is 7.88. The summed E-state index contributed by atoms with van der Waals surface area (Å²) in [6, 6.07) is 16.0. The van der Waals surface area contributed by atoms with E-state index in [-0.39, 0.29) is 18.6 Å². The molecule has 7 nitrogen and oxygen atoms in total. The van der Waals surface area contributed by atoms with E-state index in [0.717, 1.165) is 11.1 Å². The number of carbonyl (C=O) groups is 1. The van der Waals surface area contributed by atoms with Crippen molar-refractivity contribution in [1.82, 2.24) is 25.5 Å². The Balaban J connectivity index is 1.72. The van der Waals surface area contributed by atoms with Crippen LogP contribution < -0.4 is 5.32 Å². The maximum absolute atomic E-state index is 12.5. The van der Waals surface area contributed by atoms with Crippen molar-refractivity contribution in [3.8, 4) is 11.4 Å². The normalized spacial score (nSPS) is 12.2. The number of hydrogen-bond donors (Lipinski definition) is 2. The van der Waals surface area contributed by atoms with Crippen molar-refractivity contribution >= 4 is 5.91 Å². The number of aliphatic hydroxyl groups excluding tert-OH is 1. The molecule has 3 rings (SSSR count). The fourth-order valence-electron chi connectivity index (χ4n) is 2.49. The maximum Gasteiger partial charge on any atom is 0.251 e. The summed E-state index contributed by atoms with van der Waals surface area (Å²) >= 11 is 0. The molecule has 0 saturated carbocycles. The molecule has 1 heterocycles. The summed E-state index contributed by atoms with van der Waals surface area (Å²) in [6.45, 7) is 3.78. The second-order valence-electron chi connectivity index (χ2n) is 6.22. The van der Waals surface area contributed by atoms with E-state index >= 15 is 0 Å². The van der Waals surface area contributed by atoms with Gasteiger partial charge < -0.3 is 10.4 Å². The highest BCUT2D eigenvalue weighted by Crippen LogP contribution is 2.17. The molecule has 1 unspecified atom stereocenters. The van der Waals surface area contributed by atoms with Crippen molar-refractivity contribution in [2.45, 2.75) is 25.9 Å². The molecule has 26 heavy (non-hydrogen) atoms. The van der Waals surface area contributed by atoms with Gasteiger partial charge in [0.2, 0.25) is 5.82 Å². The van der Waals surface area contributed by atoms with Crippen molar-refractivity contribution < 1.29 is 9.90 Å². The molecule has 134 valence electrons. The SMILES string of the molecule is CC(C)n1nnc(-c2ccc(C(=O)NC(CO)c3ccccc3)cc2)n1. The summed E-state index contributed by atoms with van der Waals surface area (Å²) < 4.78 is 0. The molecule has 0 aliphatic rings. The fraction of sp³-hybridized carbons (Fsp3) is 0.263. The van der Waals surface area contributed by atoms with Gasteiger partial charge in [-0.15, -0.1) is 10.2 Å². The minimum absolute atomic E-state index is 0.134. The van der Waals surface area contributed by atoms with Crippen LogP contribution in [0.4, 0.5) is 0 Å². The lowest BCUT2D eigenvalue weighted by Crippen LogP contribution is -2.30. The van der Waals surface area contributed by atoms with Crippen molar-refractivity contribution in [2.75, 3.05) is 6.61 Å². The van der Waals surface area contributed by atoms with E-state index in [1.54, 1.807) is 29.1 Å². The van der Waals surface area contributed by atoms with Gasteiger partial charge in [-0.3, -0.25) is 4.79 Å². The molecule has 0 aliphatic carbocycles. The zero-order valence-electron chi connectivity index (χ0n) is 14.7. The smallest absolute Gasteiger partial charge is 0.251 e. The molecule has 2 aromatic carbocycles. The van der Waals surface area contributed by atoms with E-state index in [1.165, 1.54) is 0 Å². The Morgan fingerprint density at radius 2 is 1.81 bits per heavy atom. The van der Waals surface area contributed by atoms with Gasteiger partial charge in [-0.05, 0) is 36.8 Å². The first-order chi connectivity index (χ1) is 12.6. The van der Waals surface area contributed by atoms with E-state index in [2.05, 4.69) is 20.7 Å². The maximum atomic E-state index is 12.5. The van der Waals surface area contributed by atoms with Crippen LogP contribution in [0.1, 0.15) is 41.9 Å². The number of aliphatic hydroxyl groups is 1. The van der Waals surface area contributed by atoms with Crippen LogP contribution >= 0.6 is 0 Å². The summed E-state index contributed by atoms with van der Waals surface area (Å²) in [7, 11) is 0. The van der Waals surface area contributed by atoms with E-state index in [9.17, 15) is 9.90 Å². The molecule has 0 fully saturated rings. The number of tetrazole rings is 1. The number of rotatable bonds is 6. The first-order valence-electron chi connectivity index (χ1n) is 8.45. The molecule has 1 aromatic heterocycles. The summed E-state index contributed by atoms with van der Waals surface area (Å²) in [6.07, 6.45) is 0. The molecule has 1 amide bonds. The quantitative estimate of drug-likeness (QED) is 0.711. The minimum Gasteiger partial charge on any atom is -0.394 e. The third-order valence-electron chi connectivity index (χ3n) is 3.99. The standard InChI is InChI=1S/C19H21N5O2/c1-13(2)24-22-18(21-23-24)15-8-10-16(11-9-15)19(26)20-17(12-25)14-6-4-3-5-7-14/h3-11,13,17,25H,12H2,1-2H3,(H,20,26). The van der Waals surface area contributed by atoms with Gasteiger partial charge in [-0.1, -0.05) is 42.5 Å². The van der Waals surface area contributed by atoms with Gasteiger partial charge in [0.05, 0.1) is 18.7 Å². The Morgan fingerprint density at radius 1 is 1.12 bits per heavy atom. The highest BCUT2D eigenvalue weighted by atomic mass is 16.3. The Labute approximate surface area is 151 Å². The van der Waals surface area contributed by atoms with E-state index in [4.69, 9.17) is 0 Å². The third kappa shape index (κ3) is 3.94. The highest BCUT2D eigenvalue weighted by molar-refractivity contribution is 5.94. The Bertz CT molecular complexity index is 859. The van der Waals surface area contributed by atoms with Gasteiger partial charge in [0.1, 0.15) is 0 Å². The van der Waals surface area contributed by atoms with Crippen LogP contribution in [0.2, 0.25) is 0 Å². The number of nitrogens with zero attached hydrogens (tertiary/aromatic N) is 4. The molecule has 0 aliphatic heterocycles. The van der Waals surface area contributed by atoms with Gasteiger partial charge in [0.15, 0.2) is 0 Å². The molecule has 7 heteroatoms. The van der Waals surface area contributed by atoms with Crippen LogP contribution in [-0.4, -0.2) is 37.8 Å². The van der Waals surface area contributed by atoms with Gasteiger partial charge in [0, 0.05) is 11.1 Å². The fourth-order valence-corrected chi connectivity index (χ4v) is 2.49. The average Bonchev–Trinajstić information content (AvgIpc) is 3.17. The van der Waals surface area contributed by atoms with Crippen LogP contribution in [0, 0.1) is 0 Å².